The normalized spacial score (nSPS) is 15.1. The molecule has 164 valence electrons. The minimum Gasteiger partial charge on any atom is -0.382 e. The van der Waals surface area contributed by atoms with E-state index in [1.165, 1.54) is 12.1 Å². The second kappa shape index (κ2) is 9.19. The van der Waals surface area contributed by atoms with Gasteiger partial charge in [0.25, 0.3) is 11.8 Å². The number of benzene rings is 2. The zero-order valence-corrected chi connectivity index (χ0v) is 17.8. The summed E-state index contributed by atoms with van der Waals surface area (Å²) < 4.78 is 15.7. The summed E-state index contributed by atoms with van der Waals surface area (Å²) in [5.74, 6) is -1.29. The maximum Gasteiger partial charge on any atom is 0.276 e. The Labute approximate surface area is 188 Å². The van der Waals surface area contributed by atoms with Crippen LogP contribution in [0.3, 0.4) is 0 Å². The number of carbonyl (C=O) groups is 2. The molecule has 0 saturated heterocycles. The fourth-order valence-electron chi connectivity index (χ4n) is 3.15. The van der Waals surface area contributed by atoms with Gasteiger partial charge in [-0.15, -0.1) is 0 Å². The molecular formula is C22H19ClFN5O3. The summed E-state index contributed by atoms with van der Waals surface area (Å²) >= 11 is 6.05. The summed E-state index contributed by atoms with van der Waals surface area (Å²) in [4.78, 5) is 30.0. The molecule has 0 fully saturated rings. The monoisotopic (exact) mass is 455 g/mol. The second-order valence-corrected chi connectivity index (χ2v) is 7.42. The van der Waals surface area contributed by atoms with E-state index in [2.05, 4.69) is 20.9 Å². The standard InChI is InChI=1S/C22H19ClFN5O3/c1-2-29-11-10-17(27-29)21(30)25-13-6-8-14(9-7-13)26-22(31)19-12-18(28-32-19)20-15(23)4-3-5-16(20)24/h3-11,19H,2,12H2,1H3,(H,25,30)(H,26,31). The van der Waals surface area contributed by atoms with Crippen molar-refractivity contribution in [3.05, 3.63) is 76.8 Å². The summed E-state index contributed by atoms with van der Waals surface area (Å²) in [7, 11) is 0. The molecule has 2 amide bonds. The largest absolute Gasteiger partial charge is 0.382 e. The van der Waals surface area contributed by atoms with Crippen molar-refractivity contribution in [2.24, 2.45) is 5.16 Å². The molecule has 0 aliphatic carbocycles. The minimum absolute atomic E-state index is 0.0883. The molecule has 2 N–H and O–H groups in total. The number of carbonyl (C=O) groups excluding carboxylic acids is 2. The van der Waals surface area contributed by atoms with Crippen LogP contribution in [0.25, 0.3) is 0 Å². The quantitative estimate of drug-likeness (QED) is 0.585. The molecule has 0 spiro atoms. The van der Waals surface area contributed by atoms with Crippen LogP contribution in [0.4, 0.5) is 15.8 Å². The number of oxime groups is 1. The van der Waals surface area contributed by atoms with Crippen molar-refractivity contribution in [1.82, 2.24) is 9.78 Å². The van der Waals surface area contributed by atoms with E-state index in [1.54, 1.807) is 47.3 Å². The highest BCUT2D eigenvalue weighted by Crippen LogP contribution is 2.26. The fourth-order valence-corrected chi connectivity index (χ4v) is 3.42. The topological polar surface area (TPSA) is 97.6 Å². The number of aryl methyl sites for hydroxylation is 1. The van der Waals surface area contributed by atoms with Gasteiger partial charge in [-0.05, 0) is 49.4 Å². The molecule has 0 radical (unpaired) electrons. The summed E-state index contributed by atoms with van der Waals surface area (Å²) in [6, 6.07) is 12.5. The lowest BCUT2D eigenvalue weighted by Gasteiger charge is -2.10. The molecule has 2 aromatic carbocycles. The van der Waals surface area contributed by atoms with Crippen molar-refractivity contribution in [2.75, 3.05) is 10.6 Å². The van der Waals surface area contributed by atoms with Gasteiger partial charge in [0.05, 0.1) is 16.3 Å². The highest BCUT2D eigenvalue weighted by atomic mass is 35.5. The average molecular weight is 456 g/mol. The lowest BCUT2D eigenvalue weighted by atomic mass is 10.0. The predicted octanol–water partition coefficient (Wildman–Crippen LogP) is 4.08. The highest BCUT2D eigenvalue weighted by Gasteiger charge is 2.31. The molecule has 4 rings (SSSR count). The minimum atomic E-state index is -0.909. The average Bonchev–Trinajstić information content (AvgIpc) is 3.45. The number of nitrogens with one attached hydrogen (secondary N) is 2. The molecule has 1 unspecified atom stereocenters. The van der Waals surface area contributed by atoms with Crippen LogP contribution in [-0.4, -0.2) is 33.4 Å². The zero-order chi connectivity index (χ0) is 22.7. The van der Waals surface area contributed by atoms with E-state index in [1.807, 2.05) is 6.92 Å². The van der Waals surface area contributed by atoms with E-state index >= 15 is 0 Å². The Morgan fingerprint density at radius 1 is 1.16 bits per heavy atom. The first-order valence-electron chi connectivity index (χ1n) is 9.87. The van der Waals surface area contributed by atoms with Crippen molar-refractivity contribution in [3.63, 3.8) is 0 Å². The van der Waals surface area contributed by atoms with Gasteiger partial charge in [0.1, 0.15) is 5.82 Å². The van der Waals surface area contributed by atoms with E-state index in [0.29, 0.717) is 23.6 Å². The molecule has 0 bridgehead atoms. The Kier molecular flexibility index (Phi) is 6.18. The SMILES string of the molecule is CCn1ccc(C(=O)Nc2ccc(NC(=O)C3CC(c4c(F)cccc4Cl)=NO3)cc2)n1. The Bertz CT molecular complexity index is 1170. The fraction of sp³-hybridized carbons (Fsp3) is 0.182. The van der Waals surface area contributed by atoms with Gasteiger partial charge in [-0.1, -0.05) is 22.8 Å². The Hall–Kier alpha value is -3.72. The number of halogens is 2. The predicted molar refractivity (Wildman–Crippen MR) is 118 cm³/mol. The van der Waals surface area contributed by atoms with Gasteiger partial charge < -0.3 is 15.5 Å². The summed E-state index contributed by atoms with van der Waals surface area (Å²) in [6.07, 6.45) is 0.910. The maximum absolute atomic E-state index is 14.1. The van der Waals surface area contributed by atoms with E-state index in [0.717, 1.165) is 0 Å². The molecule has 1 atom stereocenters. The number of nitrogens with zero attached hydrogens (tertiary/aromatic N) is 3. The number of aromatic nitrogens is 2. The van der Waals surface area contributed by atoms with Crippen molar-refractivity contribution in [1.29, 1.82) is 0 Å². The van der Waals surface area contributed by atoms with Crippen LogP contribution in [-0.2, 0) is 16.2 Å². The smallest absolute Gasteiger partial charge is 0.276 e. The van der Waals surface area contributed by atoms with Gasteiger partial charge in [-0.3, -0.25) is 14.3 Å². The van der Waals surface area contributed by atoms with E-state index in [-0.39, 0.29) is 28.6 Å². The highest BCUT2D eigenvalue weighted by molar-refractivity contribution is 6.34. The van der Waals surface area contributed by atoms with Gasteiger partial charge in [0, 0.05) is 30.5 Å². The van der Waals surface area contributed by atoms with Crippen molar-refractivity contribution < 1.29 is 18.8 Å². The summed E-state index contributed by atoms with van der Waals surface area (Å²) in [5, 5.41) is 13.7. The lowest BCUT2D eigenvalue weighted by Crippen LogP contribution is -2.28. The number of hydrogen-bond acceptors (Lipinski definition) is 5. The van der Waals surface area contributed by atoms with Gasteiger partial charge in [0.2, 0.25) is 6.10 Å². The van der Waals surface area contributed by atoms with Crippen LogP contribution in [0.1, 0.15) is 29.4 Å². The second-order valence-electron chi connectivity index (χ2n) is 7.01. The molecule has 3 aromatic rings. The zero-order valence-electron chi connectivity index (χ0n) is 17.0. The molecule has 32 heavy (non-hydrogen) atoms. The molecule has 1 aliphatic rings. The van der Waals surface area contributed by atoms with Gasteiger partial charge >= 0.3 is 0 Å². The van der Waals surface area contributed by atoms with E-state index < -0.39 is 17.8 Å². The van der Waals surface area contributed by atoms with Crippen molar-refractivity contribution in [2.45, 2.75) is 26.0 Å². The van der Waals surface area contributed by atoms with Crippen LogP contribution in [0.15, 0.2) is 59.9 Å². The Morgan fingerprint density at radius 3 is 2.53 bits per heavy atom. The van der Waals surface area contributed by atoms with E-state index in [4.69, 9.17) is 16.4 Å². The first-order chi connectivity index (χ1) is 15.4. The molecule has 0 saturated carbocycles. The van der Waals surface area contributed by atoms with Crippen LogP contribution < -0.4 is 10.6 Å². The first-order valence-corrected chi connectivity index (χ1v) is 10.2. The van der Waals surface area contributed by atoms with Gasteiger partial charge in [-0.25, -0.2) is 4.39 Å². The molecule has 1 aromatic heterocycles. The van der Waals surface area contributed by atoms with Crippen molar-refractivity contribution in [3.8, 4) is 0 Å². The number of hydrogen-bond donors (Lipinski definition) is 2. The van der Waals surface area contributed by atoms with Crippen LogP contribution >= 0.6 is 11.6 Å². The number of rotatable bonds is 6. The third-order valence-electron chi connectivity index (χ3n) is 4.82. The summed E-state index contributed by atoms with van der Waals surface area (Å²) in [6.45, 7) is 2.60. The molecule has 2 heterocycles. The van der Waals surface area contributed by atoms with E-state index in [9.17, 15) is 14.0 Å². The lowest BCUT2D eigenvalue weighted by molar-refractivity contribution is -0.125. The third-order valence-corrected chi connectivity index (χ3v) is 5.14. The molecule has 10 heteroatoms. The van der Waals surface area contributed by atoms with Crippen molar-refractivity contribution >= 4 is 40.5 Å². The number of amides is 2. The van der Waals surface area contributed by atoms with Crippen LogP contribution in [0.5, 0.6) is 0 Å². The maximum atomic E-state index is 14.1. The third kappa shape index (κ3) is 4.62. The molecular weight excluding hydrogens is 437 g/mol. The number of anilines is 2. The first kappa shape index (κ1) is 21.5. The van der Waals surface area contributed by atoms with Gasteiger partial charge in [0.15, 0.2) is 5.69 Å². The van der Waals surface area contributed by atoms with Crippen LogP contribution in [0, 0.1) is 5.82 Å². The van der Waals surface area contributed by atoms with Gasteiger partial charge in [-0.2, -0.15) is 5.10 Å². The Balaban J connectivity index is 1.34. The summed E-state index contributed by atoms with van der Waals surface area (Å²) in [5.41, 5.74) is 1.78. The molecule has 8 nitrogen and oxygen atoms in total. The Morgan fingerprint density at radius 2 is 1.88 bits per heavy atom. The van der Waals surface area contributed by atoms with Crippen LogP contribution in [0.2, 0.25) is 5.02 Å². The molecule has 1 aliphatic heterocycles.